The molecule has 0 spiro atoms. The van der Waals surface area contributed by atoms with Gasteiger partial charge in [-0.3, -0.25) is 19.9 Å². The van der Waals surface area contributed by atoms with E-state index in [9.17, 15) is 9.59 Å². The molecule has 2 aromatic heterocycles. The molecule has 0 bridgehead atoms. The highest BCUT2D eigenvalue weighted by Gasteiger charge is 2.15. The Kier molecular flexibility index (Phi) is 6.18. The van der Waals surface area contributed by atoms with Gasteiger partial charge in [0.15, 0.2) is 5.13 Å². The molecular weight excluding hydrogens is 380 g/mol. The first-order valence-corrected chi connectivity index (χ1v) is 9.14. The minimum Gasteiger partial charge on any atom is -0.497 e. The first-order valence-electron chi connectivity index (χ1n) is 8.26. The lowest BCUT2D eigenvalue weighted by Crippen LogP contribution is -2.23. The maximum Gasteiger partial charge on any atom is 0.271 e. The van der Waals surface area contributed by atoms with Crippen molar-refractivity contribution in [3.05, 3.63) is 64.9 Å². The molecule has 0 fully saturated rings. The van der Waals surface area contributed by atoms with E-state index in [1.54, 1.807) is 42.0 Å². The van der Waals surface area contributed by atoms with Gasteiger partial charge in [-0.05, 0) is 23.8 Å². The van der Waals surface area contributed by atoms with Gasteiger partial charge in [0.1, 0.15) is 17.2 Å². The highest BCUT2D eigenvalue weighted by Crippen LogP contribution is 2.24. The number of anilines is 1. The van der Waals surface area contributed by atoms with Crippen molar-refractivity contribution in [2.24, 2.45) is 0 Å². The SMILES string of the molecule is COc1cc(OC)cc(C(=O)Nc2nc(C(=O)NCc3cccnc3)cs2)c1. The number of thiazole rings is 1. The minimum atomic E-state index is -0.381. The van der Waals surface area contributed by atoms with E-state index in [0.29, 0.717) is 28.7 Å². The van der Waals surface area contributed by atoms with Gasteiger partial charge in [0.25, 0.3) is 11.8 Å². The van der Waals surface area contributed by atoms with Crippen molar-refractivity contribution in [3.63, 3.8) is 0 Å². The smallest absolute Gasteiger partial charge is 0.271 e. The molecule has 144 valence electrons. The molecule has 3 aromatic rings. The van der Waals surface area contributed by atoms with Crippen molar-refractivity contribution in [1.29, 1.82) is 0 Å². The number of nitrogens with zero attached hydrogens (tertiary/aromatic N) is 2. The van der Waals surface area contributed by atoms with Gasteiger partial charge in [-0.15, -0.1) is 11.3 Å². The number of nitrogens with one attached hydrogen (secondary N) is 2. The molecule has 0 unspecified atom stereocenters. The molecule has 1 aromatic carbocycles. The molecule has 0 radical (unpaired) electrons. The fraction of sp³-hybridized carbons (Fsp3) is 0.158. The van der Waals surface area contributed by atoms with E-state index in [2.05, 4.69) is 20.6 Å². The predicted octanol–water partition coefficient (Wildman–Crippen LogP) is 2.74. The zero-order chi connectivity index (χ0) is 19.9. The van der Waals surface area contributed by atoms with E-state index in [4.69, 9.17) is 9.47 Å². The van der Waals surface area contributed by atoms with Crippen LogP contribution in [-0.4, -0.2) is 36.0 Å². The highest BCUT2D eigenvalue weighted by atomic mass is 32.1. The molecule has 0 aliphatic rings. The second-order valence-corrected chi connectivity index (χ2v) is 6.50. The van der Waals surface area contributed by atoms with Gasteiger partial charge in [-0.2, -0.15) is 0 Å². The predicted molar refractivity (Wildman–Crippen MR) is 105 cm³/mol. The summed E-state index contributed by atoms with van der Waals surface area (Å²) in [5.74, 6) is 0.288. The van der Waals surface area contributed by atoms with Crippen LogP contribution in [0.3, 0.4) is 0 Å². The normalized spacial score (nSPS) is 10.2. The number of rotatable bonds is 7. The summed E-state index contributed by atoms with van der Waals surface area (Å²) in [6.45, 7) is 0.343. The molecule has 2 N–H and O–H groups in total. The molecule has 9 heteroatoms. The quantitative estimate of drug-likeness (QED) is 0.634. The van der Waals surface area contributed by atoms with E-state index in [1.165, 1.54) is 14.2 Å². The average molecular weight is 398 g/mol. The number of hydrogen-bond donors (Lipinski definition) is 2. The third kappa shape index (κ3) is 4.83. The van der Waals surface area contributed by atoms with Crippen LogP contribution in [0.1, 0.15) is 26.4 Å². The van der Waals surface area contributed by atoms with Crippen LogP contribution in [-0.2, 0) is 6.54 Å². The van der Waals surface area contributed by atoms with Gasteiger partial charge in [-0.25, -0.2) is 4.98 Å². The first-order chi connectivity index (χ1) is 13.6. The van der Waals surface area contributed by atoms with Crippen molar-refractivity contribution < 1.29 is 19.1 Å². The summed E-state index contributed by atoms with van der Waals surface area (Å²) in [7, 11) is 3.02. The van der Waals surface area contributed by atoms with E-state index < -0.39 is 0 Å². The number of methoxy groups -OCH3 is 2. The molecule has 2 heterocycles. The molecular formula is C19H18N4O4S. The van der Waals surface area contributed by atoms with Crippen molar-refractivity contribution in [1.82, 2.24) is 15.3 Å². The molecule has 0 aliphatic heterocycles. The zero-order valence-corrected chi connectivity index (χ0v) is 16.1. The van der Waals surface area contributed by atoms with E-state index >= 15 is 0 Å². The lowest BCUT2D eigenvalue weighted by Gasteiger charge is -2.08. The number of benzene rings is 1. The third-order valence-corrected chi connectivity index (χ3v) is 4.50. The maximum atomic E-state index is 12.5. The number of ether oxygens (including phenoxy) is 2. The lowest BCUT2D eigenvalue weighted by molar-refractivity contribution is 0.0945. The molecule has 0 saturated carbocycles. The van der Waals surface area contributed by atoms with Crippen molar-refractivity contribution in [3.8, 4) is 11.5 Å². The van der Waals surface area contributed by atoms with Crippen LogP contribution >= 0.6 is 11.3 Å². The van der Waals surface area contributed by atoms with Crippen LogP contribution in [0.25, 0.3) is 0 Å². The number of hydrogen-bond acceptors (Lipinski definition) is 7. The van der Waals surface area contributed by atoms with Gasteiger partial charge < -0.3 is 14.8 Å². The molecule has 0 saturated heterocycles. The van der Waals surface area contributed by atoms with Crippen LogP contribution in [0.4, 0.5) is 5.13 Å². The van der Waals surface area contributed by atoms with Gasteiger partial charge >= 0.3 is 0 Å². The summed E-state index contributed by atoms with van der Waals surface area (Å²) in [5.41, 5.74) is 1.47. The summed E-state index contributed by atoms with van der Waals surface area (Å²) in [4.78, 5) is 32.9. The summed E-state index contributed by atoms with van der Waals surface area (Å²) < 4.78 is 10.3. The number of carbonyl (C=O) groups is 2. The van der Waals surface area contributed by atoms with Crippen LogP contribution < -0.4 is 20.1 Å². The summed E-state index contributed by atoms with van der Waals surface area (Å²) in [6.07, 6.45) is 3.34. The Hall–Kier alpha value is -3.46. The standard InChI is InChI=1S/C19H18N4O4S/c1-26-14-6-13(7-15(8-14)27-2)17(24)23-19-22-16(11-28-19)18(25)21-10-12-4-3-5-20-9-12/h3-9,11H,10H2,1-2H3,(H,21,25)(H,22,23,24). The summed E-state index contributed by atoms with van der Waals surface area (Å²) >= 11 is 1.16. The topological polar surface area (TPSA) is 102 Å². The summed E-state index contributed by atoms with van der Waals surface area (Å²) in [5, 5.41) is 7.34. The molecule has 28 heavy (non-hydrogen) atoms. The molecule has 8 nitrogen and oxygen atoms in total. The Balaban J connectivity index is 1.64. The van der Waals surface area contributed by atoms with Crippen molar-refractivity contribution in [2.45, 2.75) is 6.54 Å². The lowest BCUT2D eigenvalue weighted by atomic mass is 10.2. The Morgan fingerprint density at radius 3 is 2.50 bits per heavy atom. The van der Waals surface area contributed by atoms with E-state index in [1.807, 2.05) is 6.07 Å². The molecule has 3 rings (SSSR count). The van der Waals surface area contributed by atoms with E-state index in [-0.39, 0.29) is 17.5 Å². The Labute approximate surface area is 165 Å². The Bertz CT molecular complexity index is 953. The molecule has 0 atom stereocenters. The largest absolute Gasteiger partial charge is 0.497 e. The zero-order valence-electron chi connectivity index (χ0n) is 15.3. The molecule has 2 amide bonds. The Morgan fingerprint density at radius 1 is 1.11 bits per heavy atom. The minimum absolute atomic E-state index is 0.229. The number of pyridine rings is 1. The van der Waals surface area contributed by atoms with Crippen molar-refractivity contribution >= 4 is 28.3 Å². The van der Waals surface area contributed by atoms with Crippen LogP contribution in [0.5, 0.6) is 11.5 Å². The maximum absolute atomic E-state index is 12.5. The van der Waals surface area contributed by atoms with E-state index in [0.717, 1.165) is 16.9 Å². The van der Waals surface area contributed by atoms with Crippen molar-refractivity contribution in [2.75, 3.05) is 19.5 Å². The fourth-order valence-corrected chi connectivity index (χ4v) is 3.00. The highest BCUT2D eigenvalue weighted by molar-refractivity contribution is 7.14. The second-order valence-electron chi connectivity index (χ2n) is 5.64. The Morgan fingerprint density at radius 2 is 1.86 bits per heavy atom. The average Bonchev–Trinajstić information content (AvgIpc) is 3.20. The van der Waals surface area contributed by atoms with Crippen LogP contribution in [0.15, 0.2) is 48.1 Å². The van der Waals surface area contributed by atoms with Crippen LogP contribution in [0.2, 0.25) is 0 Å². The second kappa shape index (κ2) is 8.96. The fourth-order valence-electron chi connectivity index (χ4n) is 2.32. The summed E-state index contributed by atoms with van der Waals surface area (Å²) in [6, 6.07) is 8.51. The van der Waals surface area contributed by atoms with Gasteiger partial charge in [0.2, 0.25) is 0 Å². The number of amides is 2. The first kappa shape index (κ1) is 19.3. The van der Waals surface area contributed by atoms with Crippen LogP contribution in [0, 0.1) is 0 Å². The van der Waals surface area contributed by atoms with Gasteiger partial charge in [-0.1, -0.05) is 6.07 Å². The molecule has 0 aliphatic carbocycles. The number of aromatic nitrogens is 2. The third-order valence-electron chi connectivity index (χ3n) is 3.75. The van der Waals surface area contributed by atoms with Gasteiger partial charge in [0, 0.05) is 35.9 Å². The monoisotopic (exact) mass is 398 g/mol. The number of carbonyl (C=O) groups excluding carboxylic acids is 2. The van der Waals surface area contributed by atoms with Gasteiger partial charge in [0.05, 0.1) is 14.2 Å².